The van der Waals surface area contributed by atoms with Crippen LogP contribution in [0.25, 0.3) is 0 Å². The van der Waals surface area contributed by atoms with E-state index in [1.165, 1.54) is 25.8 Å². The molecule has 2 aliphatic rings. The number of rotatable bonds is 3. The molecule has 0 spiro atoms. The zero-order chi connectivity index (χ0) is 14.8. The van der Waals surface area contributed by atoms with E-state index in [0.717, 1.165) is 24.2 Å². The van der Waals surface area contributed by atoms with E-state index in [-0.39, 0.29) is 5.82 Å². The summed E-state index contributed by atoms with van der Waals surface area (Å²) in [6.45, 7) is 6.79. The highest BCUT2D eigenvalue weighted by Crippen LogP contribution is 2.25. The van der Waals surface area contributed by atoms with Crippen molar-refractivity contribution < 1.29 is 4.39 Å². The lowest BCUT2D eigenvalue weighted by atomic mass is 9.96. The molecule has 3 rings (SSSR count). The number of hydrogen-bond donors (Lipinski definition) is 1. The van der Waals surface area contributed by atoms with Crippen molar-refractivity contribution in [2.24, 2.45) is 5.73 Å². The lowest BCUT2D eigenvalue weighted by molar-refractivity contribution is 0.0106. The molecular weight excluding hydrogens is 265 g/mol. The Morgan fingerprint density at radius 3 is 2.90 bits per heavy atom. The molecule has 21 heavy (non-hydrogen) atoms. The van der Waals surface area contributed by atoms with Crippen molar-refractivity contribution >= 4 is 0 Å². The number of halogens is 1. The van der Waals surface area contributed by atoms with E-state index in [1.807, 2.05) is 12.1 Å². The fraction of sp³-hybridized carbons (Fsp3) is 0.647. The van der Waals surface area contributed by atoms with Crippen LogP contribution in [0.1, 0.15) is 37.3 Å². The van der Waals surface area contributed by atoms with Gasteiger partial charge in [0.25, 0.3) is 0 Å². The number of nitrogens with two attached hydrogens (primary N) is 1. The van der Waals surface area contributed by atoms with Gasteiger partial charge in [-0.1, -0.05) is 18.6 Å². The average molecular weight is 291 g/mol. The van der Waals surface area contributed by atoms with Crippen molar-refractivity contribution in [1.29, 1.82) is 0 Å². The van der Waals surface area contributed by atoms with E-state index >= 15 is 0 Å². The molecule has 2 fully saturated rings. The Bertz CT molecular complexity index is 491. The molecule has 4 heteroatoms. The van der Waals surface area contributed by atoms with Crippen LogP contribution in [0.15, 0.2) is 18.2 Å². The molecule has 2 saturated heterocycles. The van der Waals surface area contributed by atoms with Gasteiger partial charge in [-0.05, 0) is 37.9 Å². The number of benzene rings is 1. The molecule has 0 aromatic heterocycles. The monoisotopic (exact) mass is 291 g/mol. The minimum atomic E-state index is -0.115. The lowest BCUT2D eigenvalue weighted by Crippen LogP contribution is -2.58. The number of nitrogens with zero attached hydrogens (tertiary/aromatic N) is 2. The fourth-order valence-corrected chi connectivity index (χ4v) is 3.70. The van der Waals surface area contributed by atoms with Gasteiger partial charge in [0.15, 0.2) is 0 Å². The zero-order valence-electron chi connectivity index (χ0n) is 12.9. The fourth-order valence-electron chi connectivity index (χ4n) is 3.70. The SMILES string of the molecule is CC1CN2CCCCC2CN1Cc1ccc(CN)cc1F. The number of fused-ring (bicyclic) bond motifs is 1. The van der Waals surface area contributed by atoms with E-state index in [2.05, 4.69) is 16.7 Å². The minimum absolute atomic E-state index is 0.115. The van der Waals surface area contributed by atoms with E-state index < -0.39 is 0 Å². The van der Waals surface area contributed by atoms with Gasteiger partial charge in [0.1, 0.15) is 5.82 Å². The molecule has 0 amide bonds. The minimum Gasteiger partial charge on any atom is -0.326 e. The Morgan fingerprint density at radius 2 is 2.14 bits per heavy atom. The van der Waals surface area contributed by atoms with E-state index in [1.54, 1.807) is 6.07 Å². The largest absolute Gasteiger partial charge is 0.326 e. The van der Waals surface area contributed by atoms with Crippen LogP contribution in [0.2, 0.25) is 0 Å². The number of piperazine rings is 1. The van der Waals surface area contributed by atoms with E-state index in [9.17, 15) is 4.39 Å². The third-order valence-corrected chi connectivity index (χ3v) is 5.04. The maximum Gasteiger partial charge on any atom is 0.128 e. The smallest absolute Gasteiger partial charge is 0.128 e. The molecule has 1 aromatic rings. The normalized spacial score (nSPS) is 27.6. The second kappa shape index (κ2) is 6.42. The van der Waals surface area contributed by atoms with Crippen molar-refractivity contribution in [1.82, 2.24) is 9.80 Å². The highest BCUT2D eigenvalue weighted by atomic mass is 19.1. The first-order valence-corrected chi connectivity index (χ1v) is 8.13. The number of piperidine rings is 1. The summed E-state index contributed by atoms with van der Waals surface area (Å²) in [5.74, 6) is -0.115. The van der Waals surface area contributed by atoms with Crippen LogP contribution in [0.5, 0.6) is 0 Å². The van der Waals surface area contributed by atoms with Gasteiger partial charge in [0.05, 0.1) is 0 Å². The summed E-state index contributed by atoms with van der Waals surface area (Å²) < 4.78 is 14.2. The Labute approximate surface area is 126 Å². The van der Waals surface area contributed by atoms with Crippen LogP contribution >= 0.6 is 0 Å². The Hall–Kier alpha value is -0.970. The molecule has 2 heterocycles. The zero-order valence-corrected chi connectivity index (χ0v) is 12.9. The second-order valence-corrected chi connectivity index (χ2v) is 6.55. The van der Waals surface area contributed by atoms with Crippen molar-refractivity contribution in [2.75, 3.05) is 19.6 Å². The van der Waals surface area contributed by atoms with Crippen molar-refractivity contribution in [3.63, 3.8) is 0 Å². The summed E-state index contributed by atoms with van der Waals surface area (Å²) in [5.41, 5.74) is 7.22. The van der Waals surface area contributed by atoms with Crippen LogP contribution in [0.4, 0.5) is 4.39 Å². The van der Waals surface area contributed by atoms with Crippen LogP contribution in [0.3, 0.4) is 0 Å². The van der Waals surface area contributed by atoms with Gasteiger partial charge in [-0.25, -0.2) is 4.39 Å². The van der Waals surface area contributed by atoms with E-state index in [0.29, 0.717) is 25.2 Å². The van der Waals surface area contributed by atoms with Gasteiger partial charge >= 0.3 is 0 Å². The molecule has 116 valence electrons. The van der Waals surface area contributed by atoms with Gasteiger partial charge in [0.2, 0.25) is 0 Å². The summed E-state index contributed by atoms with van der Waals surface area (Å²) in [6.07, 6.45) is 3.96. The molecule has 2 N–H and O–H groups in total. The molecule has 0 saturated carbocycles. The maximum absolute atomic E-state index is 14.2. The molecule has 0 radical (unpaired) electrons. The first-order valence-electron chi connectivity index (χ1n) is 8.13. The lowest BCUT2D eigenvalue weighted by Gasteiger charge is -2.47. The molecular formula is C17H26FN3. The van der Waals surface area contributed by atoms with Gasteiger partial charge in [-0.3, -0.25) is 9.80 Å². The first kappa shape index (κ1) is 14.9. The highest BCUT2D eigenvalue weighted by molar-refractivity contribution is 5.24. The highest BCUT2D eigenvalue weighted by Gasteiger charge is 2.32. The Kier molecular flexibility index (Phi) is 4.57. The topological polar surface area (TPSA) is 32.5 Å². The maximum atomic E-state index is 14.2. The van der Waals surface area contributed by atoms with Crippen LogP contribution < -0.4 is 5.73 Å². The summed E-state index contributed by atoms with van der Waals surface area (Å²) in [4.78, 5) is 5.06. The van der Waals surface area contributed by atoms with Crippen LogP contribution in [-0.2, 0) is 13.1 Å². The Morgan fingerprint density at radius 1 is 1.29 bits per heavy atom. The van der Waals surface area contributed by atoms with Crippen molar-refractivity contribution in [2.45, 2.75) is 51.4 Å². The number of hydrogen-bond acceptors (Lipinski definition) is 3. The van der Waals surface area contributed by atoms with Gasteiger partial charge < -0.3 is 5.73 Å². The van der Waals surface area contributed by atoms with Crippen molar-refractivity contribution in [3.05, 3.63) is 35.1 Å². The van der Waals surface area contributed by atoms with Gasteiger partial charge in [-0.15, -0.1) is 0 Å². The summed E-state index contributed by atoms with van der Waals surface area (Å²) in [7, 11) is 0. The van der Waals surface area contributed by atoms with Gasteiger partial charge in [0, 0.05) is 43.8 Å². The van der Waals surface area contributed by atoms with Crippen molar-refractivity contribution in [3.8, 4) is 0 Å². The molecule has 0 aliphatic carbocycles. The molecule has 2 atom stereocenters. The average Bonchev–Trinajstić information content (AvgIpc) is 2.49. The predicted octanol–water partition coefficient (Wildman–Crippen LogP) is 2.34. The quantitative estimate of drug-likeness (QED) is 0.928. The van der Waals surface area contributed by atoms with Gasteiger partial charge in [-0.2, -0.15) is 0 Å². The molecule has 0 bridgehead atoms. The summed E-state index contributed by atoms with van der Waals surface area (Å²) in [5, 5.41) is 0. The van der Waals surface area contributed by atoms with Crippen LogP contribution in [0, 0.1) is 5.82 Å². The third kappa shape index (κ3) is 3.28. The summed E-state index contributed by atoms with van der Waals surface area (Å²) >= 11 is 0. The molecule has 2 aliphatic heterocycles. The molecule has 3 nitrogen and oxygen atoms in total. The summed E-state index contributed by atoms with van der Waals surface area (Å²) in [6, 6.07) is 6.59. The molecule has 1 aromatic carbocycles. The second-order valence-electron chi connectivity index (χ2n) is 6.55. The van der Waals surface area contributed by atoms with E-state index in [4.69, 9.17) is 5.73 Å². The third-order valence-electron chi connectivity index (χ3n) is 5.04. The molecule has 2 unspecified atom stereocenters. The Balaban J connectivity index is 1.69. The first-order chi connectivity index (χ1) is 10.2. The standard InChI is InChI=1S/C17H26FN3/c1-13-10-20-7-3-2-4-16(20)12-21(13)11-15-6-5-14(9-19)8-17(15)18/h5-6,8,13,16H,2-4,7,9-12,19H2,1H3. The predicted molar refractivity (Wildman–Crippen MR) is 83.4 cm³/mol. The van der Waals surface area contributed by atoms with Crippen LogP contribution in [-0.4, -0.2) is 41.5 Å².